The van der Waals surface area contributed by atoms with Crippen molar-refractivity contribution in [2.75, 3.05) is 0 Å². The fraction of sp³-hybridized carbons (Fsp3) is 0.440. The quantitative estimate of drug-likeness (QED) is 0.485. The van der Waals surface area contributed by atoms with E-state index in [-0.39, 0.29) is 11.4 Å². The molecule has 1 saturated carbocycles. The molecule has 0 bridgehead atoms. The highest BCUT2D eigenvalue weighted by Gasteiger charge is 2.20. The van der Waals surface area contributed by atoms with E-state index in [9.17, 15) is 13.2 Å². The Morgan fingerprint density at radius 1 is 0.821 bits per heavy atom. The fourth-order valence-electron chi connectivity index (χ4n) is 4.15. The molecule has 0 N–H and O–H groups in total. The molecule has 1 aliphatic carbocycles. The third kappa shape index (κ3) is 5.64. The predicted octanol–water partition coefficient (Wildman–Crippen LogP) is 7.04. The molecule has 0 amide bonds. The normalized spacial score (nSPS) is 19.1. The molecular formula is C25H27F3. The first-order valence-corrected chi connectivity index (χ1v) is 10.3. The zero-order valence-electron chi connectivity index (χ0n) is 16.4. The molecule has 1 aliphatic rings. The molecule has 0 unspecified atom stereocenters. The van der Waals surface area contributed by atoms with E-state index >= 15 is 0 Å². The maximum Gasteiger partial charge on any atom is 0.142 e. The highest BCUT2D eigenvalue weighted by atomic mass is 19.1. The lowest BCUT2D eigenvalue weighted by Gasteiger charge is -2.28. The minimum atomic E-state index is -0.628. The predicted molar refractivity (Wildman–Crippen MR) is 107 cm³/mol. The molecule has 3 heteroatoms. The van der Waals surface area contributed by atoms with E-state index in [4.69, 9.17) is 0 Å². The van der Waals surface area contributed by atoms with Crippen LogP contribution in [0.5, 0.6) is 0 Å². The van der Waals surface area contributed by atoms with Crippen molar-refractivity contribution >= 4 is 0 Å². The standard InChI is InChI=1S/C25H27F3/c1-2-3-18-4-6-19(7-5-18)8-9-21-16-24(27)23(25(28)17-21)15-12-20-10-13-22(26)14-11-20/h10-11,13-14,16-19H,2-9H2,1H3/t18-,19-. The summed E-state index contributed by atoms with van der Waals surface area (Å²) in [4.78, 5) is 0. The fourth-order valence-corrected chi connectivity index (χ4v) is 4.15. The first-order valence-electron chi connectivity index (χ1n) is 10.3. The number of hydrogen-bond acceptors (Lipinski definition) is 0. The Morgan fingerprint density at radius 2 is 1.39 bits per heavy atom. The van der Waals surface area contributed by atoms with E-state index in [1.165, 1.54) is 74.9 Å². The van der Waals surface area contributed by atoms with E-state index in [1.54, 1.807) is 0 Å². The molecule has 148 valence electrons. The van der Waals surface area contributed by atoms with Gasteiger partial charge in [0.05, 0.1) is 5.56 Å². The highest BCUT2D eigenvalue weighted by molar-refractivity contribution is 5.45. The molecule has 2 aromatic rings. The van der Waals surface area contributed by atoms with Crippen LogP contribution in [0.2, 0.25) is 0 Å². The van der Waals surface area contributed by atoms with Gasteiger partial charge in [-0.3, -0.25) is 0 Å². The maximum atomic E-state index is 14.4. The van der Waals surface area contributed by atoms with Crippen LogP contribution in [0.15, 0.2) is 36.4 Å². The van der Waals surface area contributed by atoms with Gasteiger partial charge in [-0.25, -0.2) is 13.2 Å². The number of hydrogen-bond donors (Lipinski definition) is 0. The average molecular weight is 384 g/mol. The van der Waals surface area contributed by atoms with Crippen molar-refractivity contribution in [1.29, 1.82) is 0 Å². The molecule has 2 aromatic carbocycles. The van der Waals surface area contributed by atoms with Crippen molar-refractivity contribution in [2.45, 2.75) is 58.3 Å². The van der Waals surface area contributed by atoms with Crippen LogP contribution in [-0.4, -0.2) is 0 Å². The number of aryl methyl sites for hydroxylation is 1. The number of rotatable bonds is 5. The van der Waals surface area contributed by atoms with Gasteiger partial charge in [0.25, 0.3) is 0 Å². The van der Waals surface area contributed by atoms with Crippen molar-refractivity contribution in [3.63, 3.8) is 0 Å². The summed E-state index contributed by atoms with van der Waals surface area (Å²) in [5.74, 6) is 5.14. The number of halogens is 3. The van der Waals surface area contributed by atoms with Gasteiger partial charge in [0.15, 0.2) is 0 Å². The molecule has 0 heterocycles. The Balaban J connectivity index is 1.60. The molecule has 0 nitrogen and oxygen atoms in total. The summed E-state index contributed by atoms with van der Waals surface area (Å²) >= 11 is 0. The molecule has 0 atom stereocenters. The van der Waals surface area contributed by atoms with Crippen LogP contribution >= 0.6 is 0 Å². The molecule has 0 aromatic heterocycles. The molecule has 0 radical (unpaired) electrons. The van der Waals surface area contributed by atoms with Gasteiger partial charge in [-0.05, 0) is 66.6 Å². The Kier molecular flexibility index (Phi) is 7.20. The van der Waals surface area contributed by atoms with Crippen LogP contribution in [0.4, 0.5) is 13.2 Å². The first kappa shape index (κ1) is 20.5. The van der Waals surface area contributed by atoms with Gasteiger partial charge in [0.1, 0.15) is 17.5 Å². The molecule has 3 rings (SSSR count). The van der Waals surface area contributed by atoms with Crippen molar-refractivity contribution < 1.29 is 13.2 Å². The van der Waals surface area contributed by atoms with E-state index in [1.807, 2.05) is 0 Å². The minimum absolute atomic E-state index is 0.229. The topological polar surface area (TPSA) is 0 Å². The lowest BCUT2D eigenvalue weighted by atomic mass is 9.78. The second-order valence-corrected chi connectivity index (χ2v) is 7.91. The Hall–Kier alpha value is -2.21. The summed E-state index contributed by atoms with van der Waals surface area (Å²) in [6, 6.07) is 8.33. The third-order valence-electron chi connectivity index (χ3n) is 5.78. The lowest BCUT2D eigenvalue weighted by molar-refractivity contribution is 0.252. The molecule has 28 heavy (non-hydrogen) atoms. The summed E-state index contributed by atoms with van der Waals surface area (Å²) in [7, 11) is 0. The van der Waals surface area contributed by atoms with Crippen molar-refractivity contribution in [3.8, 4) is 11.8 Å². The van der Waals surface area contributed by atoms with Gasteiger partial charge in [-0.15, -0.1) is 0 Å². The van der Waals surface area contributed by atoms with Crippen LogP contribution in [-0.2, 0) is 6.42 Å². The molecule has 0 saturated heterocycles. The lowest BCUT2D eigenvalue weighted by Crippen LogP contribution is -2.15. The second kappa shape index (κ2) is 9.82. The van der Waals surface area contributed by atoms with Crippen molar-refractivity contribution in [2.24, 2.45) is 11.8 Å². The number of benzene rings is 2. The van der Waals surface area contributed by atoms with Gasteiger partial charge >= 0.3 is 0 Å². The van der Waals surface area contributed by atoms with Gasteiger partial charge in [-0.1, -0.05) is 57.3 Å². The summed E-state index contributed by atoms with van der Waals surface area (Å²) in [6.07, 6.45) is 9.31. The summed E-state index contributed by atoms with van der Waals surface area (Å²) in [5, 5.41) is 0. The first-order chi connectivity index (χ1) is 13.5. The summed E-state index contributed by atoms with van der Waals surface area (Å²) in [6.45, 7) is 2.24. The van der Waals surface area contributed by atoms with Gasteiger partial charge in [0, 0.05) is 5.56 Å². The Labute approximate surface area is 166 Å². The van der Waals surface area contributed by atoms with Crippen LogP contribution < -0.4 is 0 Å². The summed E-state index contributed by atoms with van der Waals surface area (Å²) in [5.41, 5.74) is 0.981. The van der Waals surface area contributed by atoms with Crippen LogP contribution in [0.1, 0.15) is 68.6 Å². The Bertz CT molecular complexity index is 811. The zero-order valence-corrected chi connectivity index (χ0v) is 16.4. The molecule has 0 spiro atoms. The van der Waals surface area contributed by atoms with Gasteiger partial charge in [-0.2, -0.15) is 0 Å². The second-order valence-electron chi connectivity index (χ2n) is 7.91. The summed E-state index contributed by atoms with van der Waals surface area (Å²) < 4.78 is 41.7. The minimum Gasteiger partial charge on any atom is -0.207 e. The van der Waals surface area contributed by atoms with Crippen molar-refractivity contribution in [1.82, 2.24) is 0 Å². The molecular weight excluding hydrogens is 357 g/mol. The highest BCUT2D eigenvalue weighted by Crippen LogP contribution is 2.34. The van der Waals surface area contributed by atoms with Gasteiger partial charge < -0.3 is 0 Å². The largest absolute Gasteiger partial charge is 0.207 e. The zero-order chi connectivity index (χ0) is 19.9. The van der Waals surface area contributed by atoms with E-state index in [2.05, 4.69) is 18.8 Å². The third-order valence-corrected chi connectivity index (χ3v) is 5.78. The van der Waals surface area contributed by atoms with Crippen molar-refractivity contribution in [3.05, 3.63) is 70.5 Å². The average Bonchev–Trinajstić information content (AvgIpc) is 2.68. The molecule has 1 fully saturated rings. The van der Waals surface area contributed by atoms with Gasteiger partial charge in [0.2, 0.25) is 0 Å². The van der Waals surface area contributed by atoms with E-state index < -0.39 is 11.6 Å². The van der Waals surface area contributed by atoms with Crippen LogP contribution in [0, 0.1) is 41.1 Å². The smallest absolute Gasteiger partial charge is 0.142 e. The molecule has 0 aliphatic heterocycles. The SMILES string of the molecule is CCC[C@H]1CC[C@H](CCc2cc(F)c(C#Cc3ccc(F)cc3)c(F)c2)CC1. The van der Waals surface area contributed by atoms with Crippen LogP contribution in [0.25, 0.3) is 0 Å². The van der Waals surface area contributed by atoms with E-state index in [0.29, 0.717) is 23.5 Å². The monoisotopic (exact) mass is 384 g/mol. The maximum absolute atomic E-state index is 14.4. The van der Waals surface area contributed by atoms with E-state index in [0.717, 1.165) is 12.3 Å². The van der Waals surface area contributed by atoms with Crippen LogP contribution in [0.3, 0.4) is 0 Å². The Morgan fingerprint density at radius 3 is 1.96 bits per heavy atom.